The summed E-state index contributed by atoms with van der Waals surface area (Å²) in [6.45, 7) is 4.85. The lowest BCUT2D eigenvalue weighted by molar-refractivity contribution is -0.159. The van der Waals surface area contributed by atoms with E-state index in [1.165, 1.54) is 5.56 Å². The third-order valence-electron chi connectivity index (χ3n) is 6.69. The Kier molecular flexibility index (Phi) is 4.40. The van der Waals surface area contributed by atoms with Gasteiger partial charge in [0.1, 0.15) is 5.78 Å². The van der Waals surface area contributed by atoms with Crippen molar-refractivity contribution in [2.45, 2.75) is 51.6 Å². The molecule has 0 radical (unpaired) electrons. The van der Waals surface area contributed by atoms with Gasteiger partial charge in [0.2, 0.25) is 5.91 Å². The molecule has 2 aliphatic heterocycles. The van der Waals surface area contributed by atoms with Gasteiger partial charge in [-0.15, -0.1) is 0 Å². The molecule has 4 atom stereocenters. The Morgan fingerprint density at radius 3 is 2.80 bits per heavy atom. The lowest BCUT2D eigenvalue weighted by Crippen LogP contribution is -2.68. The van der Waals surface area contributed by atoms with Crippen LogP contribution in [0.4, 0.5) is 0 Å². The average molecular weight is 340 g/mol. The molecule has 1 saturated carbocycles. The Morgan fingerprint density at radius 1 is 1.24 bits per heavy atom. The molecule has 1 aromatic rings. The first kappa shape index (κ1) is 16.8. The summed E-state index contributed by atoms with van der Waals surface area (Å²) < 4.78 is 0. The Labute approximate surface area is 150 Å². The number of piperidine rings is 2. The minimum Gasteiger partial charge on any atom is -0.355 e. The zero-order valence-corrected chi connectivity index (χ0v) is 15.0. The minimum atomic E-state index is -0.388. The van der Waals surface area contributed by atoms with Crippen molar-refractivity contribution in [2.75, 3.05) is 13.1 Å². The Balaban J connectivity index is 1.64. The van der Waals surface area contributed by atoms with E-state index in [0.717, 1.165) is 45.3 Å². The molecule has 2 heterocycles. The Bertz CT molecular complexity index is 659. The normalized spacial score (nSPS) is 34.7. The highest BCUT2D eigenvalue weighted by Gasteiger charge is 2.58. The fraction of sp³-hybridized carbons (Fsp3) is 0.619. The number of carbonyl (C=O) groups excluding carboxylic acids is 2. The standard InChI is InChI=1S/C21H28N2O2/c1-2-3-9-21-13-22-20(25)19-17(21)10-16(11-18(19)24)23(14-21)12-15-7-5-4-6-8-15/h4-8,16-17,19H,2-3,9-14H2,1H3,(H,22,25)/t16-,17+,19+,21+/m1/s1. The molecule has 3 fully saturated rings. The van der Waals surface area contributed by atoms with Crippen LogP contribution in [0.3, 0.4) is 0 Å². The van der Waals surface area contributed by atoms with Crippen LogP contribution in [0.1, 0.15) is 44.6 Å². The fourth-order valence-electron chi connectivity index (χ4n) is 5.40. The van der Waals surface area contributed by atoms with Crippen LogP contribution < -0.4 is 5.32 Å². The van der Waals surface area contributed by atoms with Crippen LogP contribution in [0, 0.1) is 17.3 Å². The quantitative estimate of drug-likeness (QED) is 0.839. The number of unbranched alkanes of at least 4 members (excludes halogenated alkanes) is 1. The molecule has 1 aliphatic carbocycles. The van der Waals surface area contributed by atoms with Crippen molar-refractivity contribution in [3.8, 4) is 0 Å². The first-order chi connectivity index (χ1) is 12.1. The molecule has 4 rings (SSSR count). The van der Waals surface area contributed by atoms with Crippen LogP contribution in [0.15, 0.2) is 30.3 Å². The van der Waals surface area contributed by atoms with Gasteiger partial charge in [-0.05, 0) is 24.3 Å². The van der Waals surface area contributed by atoms with Crippen molar-refractivity contribution < 1.29 is 9.59 Å². The van der Waals surface area contributed by atoms with Crippen molar-refractivity contribution in [3.63, 3.8) is 0 Å². The number of hydrogen-bond donors (Lipinski definition) is 1. The molecule has 1 N–H and O–H groups in total. The minimum absolute atomic E-state index is 0.0166. The number of nitrogens with one attached hydrogen (secondary N) is 1. The van der Waals surface area contributed by atoms with E-state index < -0.39 is 0 Å². The molecule has 2 bridgehead atoms. The molecule has 1 amide bonds. The van der Waals surface area contributed by atoms with E-state index in [0.29, 0.717) is 12.5 Å². The molecule has 0 spiro atoms. The number of carbonyl (C=O) groups is 2. The van der Waals surface area contributed by atoms with Gasteiger partial charge in [0.25, 0.3) is 0 Å². The third-order valence-corrected chi connectivity index (χ3v) is 6.69. The highest BCUT2D eigenvalue weighted by molar-refractivity contribution is 6.03. The number of Topliss-reactive ketones (excluding diaryl/α,β-unsaturated/α-hetero) is 1. The number of benzene rings is 1. The van der Waals surface area contributed by atoms with Gasteiger partial charge in [0.15, 0.2) is 0 Å². The van der Waals surface area contributed by atoms with Gasteiger partial charge in [-0.2, -0.15) is 0 Å². The zero-order chi connectivity index (χ0) is 17.4. The van der Waals surface area contributed by atoms with Gasteiger partial charge < -0.3 is 5.32 Å². The number of likely N-dealkylation sites (tertiary alicyclic amines) is 1. The summed E-state index contributed by atoms with van der Waals surface area (Å²) in [5, 5.41) is 3.08. The highest BCUT2D eigenvalue weighted by Crippen LogP contribution is 2.51. The van der Waals surface area contributed by atoms with Crippen molar-refractivity contribution in [3.05, 3.63) is 35.9 Å². The summed E-state index contributed by atoms with van der Waals surface area (Å²) in [6, 6.07) is 10.8. The largest absolute Gasteiger partial charge is 0.355 e. The van der Waals surface area contributed by atoms with E-state index in [4.69, 9.17) is 0 Å². The number of amides is 1. The Hall–Kier alpha value is -1.68. The molecule has 0 unspecified atom stereocenters. The van der Waals surface area contributed by atoms with Crippen LogP contribution in [-0.4, -0.2) is 35.7 Å². The number of ketones is 1. The van der Waals surface area contributed by atoms with E-state index in [1.807, 2.05) is 6.07 Å². The van der Waals surface area contributed by atoms with Crippen molar-refractivity contribution in [1.29, 1.82) is 0 Å². The van der Waals surface area contributed by atoms with E-state index in [1.54, 1.807) is 0 Å². The molecule has 134 valence electrons. The Morgan fingerprint density at radius 2 is 2.04 bits per heavy atom. The zero-order valence-electron chi connectivity index (χ0n) is 15.0. The maximum Gasteiger partial charge on any atom is 0.230 e. The van der Waals surface area contributed by atoms with Crippen LogP contribution >= 0.6 is 0 Å². The molecule has 4 nitrogen and oxygen atoms in total. The molecule has 0 aromatic heterocycles. The summed E-state index contributed by atoms with van der Waals surface area (Å²) in [5.41, 5.74) is 1.37. The van der Waals surface area contributed by atoms with E-state index in [9.17, 15) is 9.59 Å². The molecule has 1 aromatic carbocycles. The van der Waals surface area contributed by atoms with Gasteiger partial charge in [-0.3, -0.25) is 14.5 Å². The van der Waals surface area contributed by atoms with Gasteiger partial charge in [-0.1, -0.05) is 50.1 Å². The molecule has 25 heavy (non-hydrogen) atoms. The second kappa shape index (κ2) is 6.56. The second-order valence-corrected chi connectivity index (χ2v) is 8.22. The van der Waals surface area contributed by atoms with E-state index in [-0.39, 0.29) is 28.9 Å². The molecule has 4 heteroatoms. The van der Waals surface area contributed by atoms with Crippen LogP contribution in [0.2, 0.25) is 0 Å². The lowest BCUT2D eigenvalue weighted by atomic mass is 9.55. The van der Waals surface area contributed by atoms with Gasteiger partial charge >= 0.3 is 0 Å². The van der Waals surface area contributed by atoms with Crippen LogP contribution in [-0.2, 0) is 16.1 Å². The molecular weight excluding hydrogens is 312 g/mol. The monoisotopic (exact) mass is 340 g/mol. The molecular formula is C21H28N2O2. The van der Waals surface area contributed by atoms with Crippen molar-refractivity contribution in [1.82, 2.24) is 10.2 Å². The van der Waals surface area contributed by atoms with Crippen LogP contribution in [0.5, 0.6) is 0 Å². The predicted octanol–water partition coefficient (Wildman–Crippen LogP) is 2.77. The van der Waals surface area contributed by atoms with Gasteiger partial charge in [0, 0.05) is 37.5 Å². The number of rotatable bonds is 5. The van der Waals surface area contributed by atoms with Gasteiger partial charge in [0.05, 0.1) is 5.92 Å². The van der Waals surface area contributed by atoms with Crippen LogP contribution in [0.25, 0.3) is 0 Å². The fourth-order valence-corrected chi connectivity index (χ4v) is 5.40. The SMILES string of the molecule is CCCC[C@@]12CNC(=O)[C@@H]3C(=O)C[C@@H](C[C@@H]31)N(Cc1ccccc1)C2. The summed E-state index contributed by atoms with van der Waals surface area (Å²) in [6.07, 6.45) is 4.96. The lowest BCUT2D eigenvalue weighted by Gasteiger charge is -2.58. The summed E-state index contributed by atoms with van der Waals surface area (Å²) >= 11 is 0. The summed E-state index contributed by atoms with van der Waals surface area (Å²) in [7, 11) is 0. The number of nitrogens with zero attached hydrogens (tertiary/aromatic N) is 1. The number of fused-ring (bicyclic) bond motifs is 1. The maximum absolute atomic E-state index is 12.8. The third kappa shape index (κ3) is 2.91. The highest BCUT2D eigenvalue weighted by atomic mass is 16.2. The van der Waals surface area contributed by atoms with Crippen molar-refractivity contribution >= 4 is 11.7 Å². The van der Waals surface area contributed by atoms with Gasteiger partial charge in [-0.25, -0.2) is 0 Å². The average Bonchev–Trinajstić information content (AvgIpc) is 2.62. The first-order valence-corrected chi connectivity index (χ1v) is 9.71. The van der Waals surface area contributed by atoms with Crippen molar-refractivity contribution in [2.24, 2.45) is 17.3 Å². The summed E-state index contributed by atoms with van der Waals surface area (Å²) in [5.74, 6) is 0.000901. The smallest absolute Gasteiger partial charge is 0.230 e. The second-order valence-electron chi connectivity index (χ2n) is 8.22. The first-order valence-electron chi connectivity index (χ1n) is 9.71. The van der Waals surface area contributed by atoms with E-state index in [2.05, 4.69) is 41.4 Å². The summed E-state index contributed by atoms with van der Waals surface area (Å²) in [4.78, 5) is 27.6. The predicted molar refractivity (Wildman–Crippen MR) is 96.8 cm³/mol. The maximum atomic E-state index is 12.8. The van der Waals surface area contributed by atoms with E-state index >= 15 is 0 Å². The molecule has 3 aliphatic rings. The number of hydrogen-bond acceptors (Lipinski definition) is 3. The molecule has 2 saturated heterocycles. The topological polar surface area (TPSA) is 49.4 Å².